The quantitative estimate of drug-likeness (QED) is 0.679. The second-order valence-electron chi connectivity index (χ2n) is 3.58. The lowest BCUT2D eigenvalue weighted by atomic mass is 10.0. The second kappa shape index (κ2) is 5.03. The van der Waals surface area contributed by atoms with Crippen LogP contribution in [0.15, 0.2) is 42.5 Å². The van der Waals surface area contributed by atoms with E-state index in [4.69, 9.17) is 23.2 Å². The molecule has 0 bridgehead atoms. The molecule has 0 aliphatic rings. The van der Waals surface area contributed by atoms with Crippen LogP contribution in [0, 0.1) is 11.6 Å². The zero-order valence-corrected chi connectivity index (χ0v) is 10.1. The molecular formula is C13H8Cl2F2. The summed E-state index contributed by atoms with van der Waals surface area (Å²) in [5.74, 6) is -0.789. The van der Waals surface area contributed by atoms with Crippen molar-refractivity contribution in [2.24, 2.45) is 0 Å². The van der Waals surface area contributed by atoms with E-state index in [-0.39, 0.29) is 11.4 Å². The minimum Gasteiger partial charge on any atom is -0.207 e. The van der Waals surface area contributed by atoms with Gasteiger partial charge in [-0.3, -0.25) is 0 Å². The van der Waals surface area contributed by atoms with Gasteiger partial charge in [-0.15, -0.1) is 11.6 Å². The Hall–Kier alpha value is -1.12. The van der Waals surface area contributed by atoms with E-state index in [0.717, 1.165) is 0 Å². The highest BCUT2D eigenvalue weighted by Crippen LogP contribution is 2.32. The van der Waals surface area contributed by atoms with Gasteiger partial charge in [-0.1, -0.05) is 23.7 Å². The molecular weight excluding hydrogens is 265 g/mol. The van der Waals surface area contributed by atoms with E-state index in [1.165, 1.54) is 42.5 Å². The molecule has 0 saturated carbocycles. The number of hydrogen-bond donors (Lipinski definition) is 0. The summed E-state index contributed by atoms with van der Waals surface area (Å²) >= 11 is 11.9. The fourth-order valence-electron chi connectivity index (χ4n) is 1.52. The maximum atomic E-state index is 13.6. The van der Waals surface area contributed by atoms with Gasteiger partial charge in [0.2, 0.25) is 0 Å². The second-order valence-corrected chi connectivity index (χ2v) is 4.45. The van der Waals surface area contributed by atoms with Crippen LogP contribution in [0.1, 0.15) is 16.5 Å². The SMILES string of the molecule is Fc1ccc(C(Cl)c2cc(Cl)ccc2F)cc1. The zero-order chi connectivity index (χ0) is 12.4. The third-order valence-electron chi connectivity index (χ3n) is 2.39. The Kier molecular flexibility index (Phi) is 3.65. The van der Waals surface area contributed by atoms with Gasteiger partial charge in [-0.05, 0) is 35.9 Å². The van der Waals surface area contributed by atoms with Gasteiger partial charge in [-0.2, -0.15) is 0 Å². The van der Waals surface area contributed by atoms with Crippen LogP contribution >= 0.6 is 23.2 Å². The molecule has 0 saturated heterocycles. The smallest absolute Gasteiger partial charge is 0.128 e. The summed E-state index contributed by atoms with van der Waals surface area (Å²) in [7, 11) is 0. The first-order valence-corrected chi connectivity index (χ1v) is 5.74. The Morgan fingerprint density at radius 3 is 2.24 bits per heavy atom. The Balaban J connectivity index is 2.39. The van der Waals surface area contributed by atoms with Gasteiger partial charge in [-0.25, -0.2) is 8.78 Å². The van der Waals surface area contributed by atoms with Crippen molar-refractivity contribution in [2.75, 3.05) is 0 Å². The number of hydrogen-bond acceptors (Lipinski definition) is 0. The summed E-state index contributed by atoms with van der Waals surface area (Å²) in [6, 6.07) is 9.80. The largest absolute Gasteiger partial charge is 0.207 e. The van der Waals surface area contributed by atoms with E-state index in [1.54, 1.807) is 0 Å². The summed E-state index contributed by atoms with van der Waals surface area (Å²) in [4.78, 5) is 0. The molecule has 2 aromatic rings. The van der Waals surface area contributed by atoms with Crippen molar-refractivity contribution in [3.8, 4) is 0 Å². The van der Waals surface area contributed by atoms with Gasteiger partial charge in [0.15, 0.2) is 0 Å². The van der Waals surface area contributed by atoms with Gasteiger partial charge in [0.25, 0.3) is 0 Å². The number of halogens is 4. The molecule has 2 aromatic carbocycles. The summed E-state index contributed by atoms with van der Waals surface area (Å²) in [6.07, 6.45) is 0. The molecule has 0 fully saturated rings. The summed E-state index contributed by atoms with van der Waals surface area (Å²) in [5, 5.41) is -0.275. The van der Waals surface area contributed by atoms with Crippen molar-refractivity contribution < 1.29 is 8.78 Å². The highest BCUT2D eigenvalue weighted by molar-refractivity contribution is 6.30. The molecule has 0 aliphatic carbocycles. The normalized spacial score (nSPS) is 12.5. The predicted octanol–water partition coefficient (Wildman–Crippen LogP) is 4.95. The Bertz CT molecular complexity index is 523. The first-order chi connectivity index (χ1) is 8.08. The molecule has 1 atom stereocenters. The molecule has 0 heterocycles. The van der Waals surface area contributed by atoms with Gasteiger partial charge in [0.1, 0.15) is 11.6 Å². The van der Waals surface area contributed by atoms with Crippen molar-refractivity contribution in [2.45, 2.75) is 5.38 Å². The van der Waals surface area contributed by atoms with Crippen molar-refractivity contribution >= 4 is 23.2 Å². The van der Waals surface area contributed by atoms with Crippen LogP contribution in [0.4, 0.5) is 8.78 Å². The minimum absolute atomic E-state index is 0.283. The summed E-state index contributed by atoms with van der Waals surface area (Å²) in [5.41, 5.74) is 0.903. The Labute approximate surface area is 108 Å². The summed E-state index contributed by atoms with van der Waals surface area (Å²) < 4.78 is 26.3. The first kappa shape index (κ1) is 12.3. The van der Waals surface area contributed by atoms with Crippen LogP contribution in [0.5, 0.6) is 0 Å². The first-order valence-electron chi connectivity index (χ1n) is 4.92. The van der Waals surface area contributed by atoms with Crippen molar-refractivity contribution in [3.63, 3.8) is 0 Å². The van der Waals surface area contributed by atoms with E-state index in [0.29, 0.717) is 10.6 Å². The molecule has 88 valence electrons. The van der Waals surface area contributed by atoms with Crippen LogP contribution < -0.4 is 0 Å². The van der Waals surface area contributed by atoms with Crippen molar-refractivity contribution in [1.82, 2.24) is 0 Å². The third-order valence-corrected chi connectivity index (χ3v) is 3.12. The molecule has 0 nitrogen and oxygen atoms in total. The Morgan fingerprint density at radius 2 is 1.59 bits per heavy atom. The van der Waals surface area contributed by atoms with Gasteiger partial charge < -0.3 is 0 Å². The maximum absolute atomic E-state index is 13.6. The monoisotopic (exact) mass is 272 g/mol. The lowest BCUT2D eigenvalue weighted by Gasteiger charge is -2.11. The van der Waals surface area contributed by atoms with E-state index >= 15 is 0 Å². The summed E-state index contributed by atoms with van der Waals surface area (Å²) in [6.45, 7) is 0. The topological polar surface area (TPSA) is 0 Å². The molecule has 0 amide bonds. The average molecular weight is 273 g/mol. The molecule has 0 spiro atoms. The standard InChI is InChI=1S/C13H8Cl2F2/c14-9-3-6-12(17)11(7-9)13(15)8-1-4-10(16)5-2-8/h1-7,13H. The third kappa shape index (κ3) is 2.76. The fraction of sp³-hybridized carbons (Fsp3) is 0.0769. The van der Waals surface area contributed by atoms with Crippen molar-refractivity contribution in [1.29, 1.82) is 0 Å². The number of alkyl halides is 1. The highest BCUT2D eigenvalue weighted by atomic mass is 35.5. The van der Waals surface area contributed by atoms with Crippen LogP contribution in [-0.4, -0.2) is 0 Å². The minimum atomic E-state index is -0.686. The van der Waals surface area contributed by atoms with Crippen LogP contribution in [0.25, 0.3) is 0 Å². The van der Waals surface area contributed by atoms with Gasteiger partial charge >= 0.3 is 0 Å². The molecule has 0 N–H and O–H groups in total. The lowest BCUT2D eigenvalue weighted by molar-refractivity contribution is 0.611. The molecule has 4 heteroatoms. The van der Waals surface area contributed by atoms with E-state index < -0.39 is 11.2 Å². The van der Waals surface area contributed by atoms with Crippen LogP contribution in [-0.2, 0) is 0 Å². The maximum Gasteiger partial charge on any atom is 0.128 e. The van der Waals surface area contributed by atoms with E-state index in [9.17, 15) is 8.78 Å². The Morgan fingerprint density at radius 1 is 0.941 bits per heavy atom. The number of rotatable bonds is 2. The molecule has 1 unspecified atom stereocenters. The van der Waals surface area contributed by atoms with Crippen molar-refractivity contribution in [3.05, 3.63) is 70.2 Å². The van der Waals surface area contributed by atoms with E-state index in [2.05, 4.69) is 0 Å². The lowest BCUT2D eigenvalue weighted by Crippen LogP contribution is -1.97. The predicted molar refractivity (Wildman–Crippen MR) is 65.5 cm³/mol. The number of benzene rings is 2. The average Bonchev–Trinajstić information content (AvgIpc) is 2.32. The molecule has 17 heavy (non-hydrogen) atoms. The molecule has 0 aromatic heterocycles. The van der Waals surface area contributed by atoms with Gasteiger partial charge in [0.05, 0.1) is 5.38 Å². The van der Waals surface area contributed by atoms with Gasteiger partial charge in [0, 0.05) is 10.6 Å². The van der Waals surface area contributed by atoms with Crippen LogP contribution in [0.2, 0.25) is 5.02 Å². The molecule has 0 aliphatic heterocycles. The fourth-order valence-corrected chi connectivity index (χ4v) is 2.01. The molecule has 2 rings (SSSR count). The zero-order valence-electron chi connectivity index (χ0n) is 8.63. The van der Waals surface area contributed by atoms with E-state index in [1.807, 2.05) is 0 Å². The highest BCUT2D eigenvalue weighted by Gasteiger charge is 2.15. The van der Waals surface area contributed by atoms with Crippen LogP contribution in [0.3, 0.4) is 0 Å². The molecule has 0 radical (unpaired) electrons.